The molecule has 0 fully saturated rings. The van der Waals surface area contributed by atoms with Crippen LogP contribution in [0.4, 0.5) is 0 Å². The van der Waals surface area contributed by atoms with Crippen molar-refractivity contribution in [1.29, 1.82) is 0 Å². The third-order valence-corrected chi connectivity index (χ3v) is 1.81. The molecule has 0 saturated carbocycles. The van der Waals surface area contributed by atoms with E-state index in [-0.39, 0.29) is 0 Å². The average molecular weight is 183 g/mol. The molecule has 0 amide bonds. The standard InChI is InChI=1S/C10H17NS/c1-3-5-6-7-9(4-2)10(11)8-12/h4,6-8,12H,3,5,11H2,1-2H3/b7-6-,9-4+,10-8-. The Kier molecular flexibility index (Phi) is 6.67. The van der Waals surface area contributed by atoms with E-state index in [0.717, 1.165) is 18.4 Å². The lowest BCUT2D eigenvalue weighted by Gasteiger charge is -1.99. The minimum absolute atomic E-state index is 0.716. The molecule has 0 unspecified atom stereocenters. The average Bonchev–Trinajstić information content (AvgIpc) is 2.11. The molecule has 1 nitrogen and oxygen atoms in total. The second kappa shape index (κ2) is 7.04. The molecule has 0 aliphatic rings. The fourth-order valence-electron chi connectivity index (χ4n) is 0.811. The van der Waals surface area contributed by atoms with Crippen molar-refractivity contribution >= 4 is 12.6 Å². The van der Waals surface area contributed by atoms with Crippen LogP contribution in [0.25, 0.3) is 0 Å². The Morgan fingerprint density at radius 1 is 1.50 bits per heavy atom. The summed E-state index contributed by atoms with van der Waals surface area (Å²) in [6.45, 7) is 4.12. The van der Waals surface area contributed by atoms with Gasteiger partial charge >= 0.3 is 0 Å². The van der Waals surface area contributed by atoms with Crippen LogP contribution in [0, 0.1) is 0 Å². The molecule has 0 bridgehead atoms. The Morgan fingerprint density at radius 3 is 2.58 bits per heavy atom. The summed E-state index contributed by atoms with van der Waals surface area (Å²) in [7, 11) is 0. The fourth-order valence-corrected chi connectivity index (χ4v) is 0.960. The van der Waals surface area contributed by atoms with Gasteiger partial charge in [-0.25, -0.2) is 0 Å². The number of hydrogen-bond donors (Lipinski definition) is 2. The highest BCUT2D eigenvalue weighted by molar-refractivity contribution is 7.83. The summed E-state index contributed by atoms with van der Waals surface area (Å²) in [6, 6.07) is 0. The first kappa shape index (κ1) is 11.4. The quantitative estimate of drug-likeness (QED) is 0.508. The van der Waals surface area contributed by atoms with Gasteiger partial charge in [-0.15, -0.1) is 12.6 Å². The van der Waals surface area contributed by atoms with Crippen LogP contribution < -0.4 is 5.73 Å². The van der Waals surface area contributed by atoms with Gasteiger partial charge in [0, 0.05) is 5.70 Å². The number of unbranched alkanes of at least 4 members (excludes halogenated alkanes) is 1. The van der Waals surface area contributed by atoms with Crippen LogP contribution in [-0.2, 0) is 0 Å². The molecule has 2 N–H and O–H groups in total. The summed E-state index contributed by atoms with van der Waals surface area (Å²) < 4.78 is 0. The summed E-state index contributed by atoms with van der Waals surface area (Å²) in [4.78, 5) is 0. The number of rotatable bonds is 4. The Balaban J connectivity index is 4.20. The van der Waals surface area contributed by atoms with Gasteiger partial charge in [0.25, 0.3) is 0 Å². The van der Waals surface area contributed by atoms with Gasteiger partial charge in [-0.05, 0) is 24.3 Å². The largest absolute Gasteiger partial charge is 0.398 e. The fraction of sp³-hybridized carbons (Fsp3) is 0.400. The van der Waals surface area contributed by atoms with Gasteiger partial charge in [-0.1, -0.05) is 31.6 Å². The van der Waals surface area contributed by atoms with Crippen LogP contribution in [0.1, 0.15) is 26.7 Å². The predicted molar refractivity (Wildman–Crippen MR) is 59.1 cm³/mol. The first-order chi connectivity index (χ1) is 5.76. The van der Waals surface area contributed by atoms with Crippen LogP contribution in [0.15, 0.2) is 34.9 Å². The van der Waals surface area contributed by atoms with Gasteiger partial charge in [-0.2, -0.15) is 0 Å². The third kappa shape index (κ3) is 4.29. The van der Waals surface area contributed by atoms with Crippen molar-refractivity contribution in [2.75, 3.05) is 0 Å². The lowest BCUT2D eigenvalue weighted by Crippen LogP contribution is -1.97. The zero-order chi connectivity index (χ0) is 9.40. The minimum Gasteiger partial charge on any atom is -0.398 e. The Labute approximate surface area is 80.4 Å². The first-order valence-corrected chi connectivity index (χ1v) is 4.71. The van der Waals surface area contributed by atoms with Gasteiger partial charge in [-0.3, -0.25) is 0 Å². The van der Waals surface area contributed by atoms with Crippen molar-refractivity contribution in [1.82, 2.24) is 0 Å². The maximum Gasteiger partial charge on any atom is 0.0445 e. The highest BCUT2D eigenvalue weighted by Gasteiger charge is 1.91. The SMILES string of the molecule is C/C=C(\C=C/CCC)C(/N)=C/S. The lowest BCUT2D eigenvalue weighted by molar-refractivity contribution is 0.957. The Hall–Kier alpha value is -0.630. The molecule has 0 aliphatic carbocycles. The van der Waals surface area contributed by atoms with Crippen LogP contribution >= 0.6 is 12.6 Å². The summed E-state index contributed by atoms with van der Waals surface area (Å²) in [5.74, 6) is 0. The van der Waals surface area contributed by atoms with E-state index in [1.54, 1.807) is 5.41 Å². The molecular weight excluding hydrogens is 166 g/mol. The highest BCUT2D eigenvalue weighted by Crippen LogP contribution is 2.07. The van der Waals surface area contributed by atoms with Crippen molar-refractivity contribution in [3.63, 3.8) is 0 Å². The zero-order valence-electron chi connectivity index (χ0n) is 7.75. The van der Waals surface area contributed by atoms with Crippen molar-refractivity contribution in [3.05, 3.63) is 34.9 Å². The molecule has 0 aromatic rings. The van der Waals surface area contributed by atoms with Crippen LogP contribution in [0.5, 0.6) is 0 Å². The van der Waals surface area contributed by atoms with Gasteiger partial charge in [0.15, 0.2) is 0 Å². The summed E-state index contributed by atoms with van der Waals surface area (Å²) in [5, 5.41) is 1.62. The predicted octanol–water partition coefficient (Wildman–Crippen LogP) is 3.02. The summed E-state index contributed by atoms with van der Waals surface area (Å²) in [6.07, 6.45) is 8.40. The maximum atomic E-state index is 5.68. The minimum atomic E-state index is 0.716. The van der Waals surface area contributed by atoms with Crippen molar-refractivity contribution in [3.8, 4) is 0 Å². The monoisotopic (exact) mass is 183 g/mol. The maximum absolute atomic E-state index is 5.68. The molecule has 0 rings (SSSR count). The van der Waals surface area contributed by atoms with E-state index in [9.17, 15) is 0 Å². The summed E-state index contributed by atoms with van der Waals surface area (Å²) >= 11 is 3.99. The first-order valence-electron chi connectivity index (χ1n) is 4.19. The molecule has 0 radical (unpaired) electrons. The van der Waals surface area contributed by atoms with Crippen molar-refractivity contribution in [2.24, 2.45) is 5.73 Å². The van der Waals surface area contributed by atoms with E-state index < -0.39 is 0 Å². The van der Waals surface area contributed by atoms with Crippen LogP contribution in [0.2, 0.25) is 0 Å². The van der Waals surface area contributed by atoms with E-state index in [2.05, 4.69) is 25.6 Å². The molecule has 0 aliphatic heterocycles. The van der Waals surface area contributed by atoms with Gasteiger partial charge in [0.1, 0.15) is 0 Å². The highest BCUT2D eigenvalue weighted by atomic mass is 32.1. The van der Waals surface area contributed by atoms with Gasteiger partial charge < -0.3 is 5.73 Å². The molecule has 0 atom stereocenters. The third-order valence-electron chi connectivity index (χ3n) is 1.54. The van der Waals surface area contributed by atoms with Crippen LogP contribution in [-0.4, -0.2) is 0 Å². The van der Waals surface area contributed by atoms with Gasteiger partial charge in [0.05, 0.1) is 0 Å². The molecule has 0 aromatic carbocycles. The van der Waals surface area contributed by atoms with Gasteiger partial charge in [0.2, 0.25) is 0 Å². The molecular formula is C10H17NS. The molecule has 0 saturated heterocycles. The lowest BCUT2D eigenvalue weighted by atomic mass is 10.1. The number of allylic oxidation sites excluding steroid dienone is 3. The zero-order valence-corrected chi connectivity index (χ0v) is 8.64. The molecule has 2 heteroatoms. The number of thiol groups is 1. The van der Waals surface area contributed by atoms with E-state index >= 15 is 0 Å². The number of nitrogens with two attached hydrogens (primary N) is 1. The molecule has 0 heterocycles. The number of hydrogen-bond acceptors (Lipinski definition) is 2. The Morgan fingerprint density at radius 2 is 2.17 bits per heavy atom. The van der Waals surface area contributed by atoms with E-state index in [4.69, 9.17) is 5.73 Å². The normalized spacial score (nSPS) is 14.2. The molecule has 12 heavy (non-hydrogen) atoms. The molecule has 68 valence electrons. The summed E-state index contributed by atoms with van der Waals surface area (Å²) in [5.41, 5.74) is 7.43. The molecule has 0 spiro atoms. The van der Waals surface area contributed by atoms with Crippen molar-refractivity contribution < 1.29 is 0 Å². The van der Waals surface area contributed by atoms with Crippen molar-refractivity contribution in [2.45, 2.75) is 26.7 Å². The topological polar surface area (TPSA) is 26.0 Å². The second-order valence-electron chi connectivity index (χ2n) is 2.52. The molecule has 0 aromatic heterocycles. The van der Waals surface area contributed by atoms with E-state index in [0.29, 0.717) is 5.70 Å². The van der Waals surface area contributed by atoms with Crippen LogP contribution in [0.3, 0.4) is 0 Å². The Bertz CT molecular complexity index is 202. The second-order valence-corrected chi connectivity index (χ2v) is 2.78. The smallest absolute Gasteiger partial charge is 0.0445 e. The van der Waals surface area contributed by atoms with E-state index in [1.807, 2.05) is 19.1 Å². The van der Waals surface area contributed by atoms with E-state index in [1.165, 1.54) is 0 Å².